The van der Waals surface area contributed by atoms with Crippen LogP contribution in [0.5, 0.6) is 5.75 Å². The van der Waals surface area contributed by atoms with Crippen LogP contribution >= 0.6 is 56.9 Å². The minimum atomic E-state index is -0.390. The van der Waals surface area contributed by atoms with E-state index in [2.05, 4.69) is 50.2 Å². The number of halogens is 3. The van der Waals surface area contributed by atoms with E-state index in [0.717, 1.165) is 49.7 Å². The van der Waals surface area contributed by atoms with Crippen molar-refractivity contribution in [3.05, 3.63) is 95.7 Å². The Morgan fingerprint density at radius 3 is 2.38 bits per heavy atom. The third kappa shape index (κ3) is 6.39. The summed E-state index contributed by atoms with van der Waals surface area (Å²) in [6.07, 6.45) is 7.16. The van der Waals surface area contributed by atoms with Gasteiger partial charge in [-0.2, -0.15) is 0 Å². The average Bonchev–Trinajstić information content (AvgIpc) is 3.20. The Bertz CT molecular complexity index is 1330. The predicted molar refractivity (Wildman–Crippen MR) is 165 cm³/mol. The summed E-state index contributed by atoms with van der Waals surface area (Å²) in [7, 11) is 0. The Morgan fingerprint density at radius 1 is 1.00 bits per heavy atom. The third-order valence-corrected chi connectivity index (χ3v) is 8.98. The van der Waals surface area contributed by atoms with E-state index in [4.69, 9.17) is 4.74 Å². The molecule has 1 amide bonds. The molecule has 190 valence electrons. The molecule has 0 aromatic heterocycles. The summed E-state index contributed by atoms with van der Waals surface area (Å²) in [6, 6.07) is 20.7. The number of benzene rings is 3. The Morgan fingerprint density at radius 2 is 1.68 bits per heavy atom. The fourth-order valence-electron chi connectivity index (χ4n) is 4.55. The summed E-state index contributed by atoms with van der Waals surface area (Å²) in [5.74, 6) is 0.393. The highest BCUT2D eigenvalue weighted by atomic mass is 127. The number of hydrogen-bond donors (Lipinski definition) is 0. The van der Waals surface area contributed by atoms with Crippen LogP contribution in [0, 0.1) is 13.0 Å². The largest absolute Gasteiger partial charge is 0.487 e. The van der Waals surface area contributed by atoms with Crippen molar-refractivity contribution in [2.45, 2.75) is 44.8 Å². The van der Waals surface area contributed by atoms with Gasteiger partial charge in [0.1, 0.15) is 23.9 Å². The lowest BCUT2D eigenvalue weighted by Crippen LogP contribution is -2.40. The summed E-state index contributed by atoms with van der Waals surface area (Å²) in [6.45, 7) is 0.494. The molecule has 1 aliphatic heterocycles. The van der Waals surface area contributed by atoms with Crippen molar-refractivity contribution in [2.24, 2.45) is 4.99 Å². The van der Waals surface area contributed by atoms with Gasteiger partial charge in [-0.3, -0.25) is 9.69 Å². The molecule has 0 atom stereocenters. The molecule has 0 unspecified atom stereocenters. The number of carbonyl (C=O) groups excluding carboxylic acids is 1. The maximum Gasteiger partial charge on any atom is 0.267 e. The number of thioether (sulfide) groups is 1. The molecule has 37 heavy (non-hydrogen) atoms. The van der Waals surface area contributed by atoms with Crippen LogP contribution in [-0.2, 0) is 11.4 Å². The number of nitrogens with zero attached hydrogens (tertiary/aromatic N) is 2. The first-order valence-corrected chi connectivity index (χ1v) is 15.2. The molecule has 1 aliphatic carbocycles. The highest BCUT2D eigenvalue weighted by molar-refractivity contribution is 14.1. The maximum absolute atomic E-state index is 14.4. The standard InChI is InChI=1S/C29H25FI2N2O2S/c30-22-13-7-8-14-25(22)33-29-34(21-11-5-2-6-12-21)28(35)26(37-29)17-20-15-23(31)27(24(32)16-20)36-18-19-9-3-1-4-10-19/h1,3-4,7-10,13-17,21H,2,5-6,11-12,18H2/b26-17-,33-29?. The molecule has 0 spiro atoms. The number of carbonyl (C=O) groups is 1. The predicted octanol–water partition coefficient (Wildman–Crippen LogP) is 8.55. The normalized spacial score (nSPS) is 18.7. The van der Waals surface area contributed by atoms with Crippen LogP contribution in [0.3, 0.4) is 0 Å². The summed E-state index contributed by atoms with van der Waals surface area (Å²) in [4.78, 5) is 20.6. The average molecular weight is 738 g/mol. The van der Waals surface area contributed by atoms with Gasteiger partial charge in [-0.15, -0.1) is 0 Å². The lowest BCUT2D eigenvalue weighted by Gasteiger charge is -2.30. The lowest BCUT2D eigenvalue weighted by molar-refractivity contribution is -0.124. The number of hydrogen-bond acceptors (Lipinski definition) is 4. The van der Waals surface area contributed by atoms with Crippen molar-refractivity contribution < 1.29 is 13.9 Å². The first-order valence-electron chi connectivity index (χ1n) is 12.2. The second kappa shape index (κ2) is 12.3. The van der Waals surface area contributed by atoms with Crippen molar-refractivity contribution >= 4 is 79.8 Å². The van der Waals surface area contributed by atoms with Crippen molar-refractivity contribution in [3.63, 3.8) is 0 Å². The Hall–Kier alpha value is -1.92. The van der Waals surface area contributed by atoms with Gasteiger partial charge in [0.15, 0.2) is 5.17 Å². The van der Waals surface area contributed by atoms with Crippen LogP contribution in [0.25, 0.3) is 6.08 Å². The second-order valence-corrected chi connectivity index (χ2v) is 12.3. The number of aliphatic imine (C=N–C) groups is 1. The molecular weight excluding hydrogens is 713 g/mol. The second-order valence-electron chi connectivity index (χ2n) is 9.01. The number of amides is 1. The molecule has 3 aromatic carbocycles. The third-order valence-electron chi connectivity index (χ3n) is 6.39. The molecule has 1 saturated carbocycles. The van der Waals surface area contributed by atoms with Gasteiger partial charge in [-0.25, -0.2) is 9.38 Å². The van der Waals surface area contributed by atoms with Gasteiger partial charge < -0.3 is 4.74 Å². The maximum atomic E-state index is 14.4. The minimum absolute atomic E-state index is 0.0543. The van der Waals surface area contributed by atoms with Crippen LogP contribution in [0.4, 0.5) is 10.1 Å². The molecule has 0 bridgehead atoms. The van der Waals surface area contributed by atoms with Crippen LogP contribution in [0.1, 0.15) is 43.2 Å². The van der Waals surface area contributed by atoms with E-state index in [1.807, 2.05) is 48.5 Å². The number of rotatable bonds is 6. The number of para-hydroxylation sites is 1. The molecule has 1 saturated heterocycles. The van der Waals surface area contributed by atoms with Gasteiger partial charge in [-0.05, 0) is 111 Å². The van der Waals surface area contributed by atoms with E-state index in [9.17, 15) is 9.18 Å². The fourth-order valence-corrected chi connectivity index (χ4v) is 7.73. The van der Waals surface area contributed by atoms with Gasteiger partial charge in [-0.1, -0.05) is 61.7 Å². The quantitative estimate of drug-likeness (QED) is 0.188. The first-order chi connectivity index (χ1) is 18.0. The first kappa shape index (κ1) is 26.7. The minimum Gasteiger partial charge on any atom is -0.487 e. The van der Waals surface area contributed by atoms with E-state index in [-0.39, 0.29) is 23.5 Å². The fraction of sp³-hybridized carbons (Fsp3) is 0.241. The Labute approximate surface area is 248 Å². The summed E-state index contributed by atoms with van der Waals surface area (Å²) >= 11 is 5.89. The molecule has 2 fully saturated rings. The van der Waals surface area contributed by atoms with Crippen molar-refractivity contribution in [2.75, 3.05) is 0 Å². The lowest BCUT2D eigenvalue weighted by atomic mass is 9.94. The topological polar surface area (TPSA) is 41.9 Å². The summed E-state index contributed by atoms with van der Waals surface area (Å²) in [5.41, 5.74) is 2.29. The Balaban J connectivity index is 1.43. The molecule has 4 nitrogen and oxygen atoms in total. The van der Waals surface area contributed by atoms with Gasteiger partial charge in [0.2, 0.25) is 0 Å². The van der Waals surface area contributed by atoms with Gasteiger partial charge >= 0.3 is 0 Å². The summed E-state index contributed by atoms with van der Waals surface area (Å²) in [5, 5.41) is 0.556. The van der Waals surface area contributed by atoms with Gasteiger partial charge in [0.25, 0.3) is 5.91 Å². The van der Waals surface area contributed by atoms with Crippen LogP contribution in [0.2, 0.25) is 0 Å². The molecular formula is C29H25FI2N2O2S. The monoisotopic (exact) mass is 738 g/mol. The zero-order valence-electron chi connectivity index (χ0n) is 20.0. The number of ether oxygens (including phenoxy) is 1. The summed E-state index contributed by atoms with van der Waals surface area (Å²) < 4.78 is 22.5. The number of amidine groups is 1. The van der Waals surface area contributed by atoms with E-state index in [1.54, 1.807) is 23.1 Å². The molecule has 3 aromatic rings. The molecule has 0 radical (unpaired) electrons. The SMILES string of the molecule is O=C1/C(=C/c2cc(I)c(OCc3ccccc3)c(I)c2)SC(=Nc2ccccc2F)N1C1CCCCC1. The van der Waals surface area contributed by atoms with E-state index >= 15 is 0 Å². The molecule has 0 N–H and O–H groups in total. The molecule has 2 aliphatic rings. The molecule has 5 rings (SSSR count). The van der Waals surface area contributed by atoms with Crippen molar-refractivity contribution in [1.29, 1.82) is 0 Å². The van der Waals surface area contributed by atoms with E-state index in [1.165, 1.54) is 24.2 Å². The van der Waals surface area contributed by atoms with Gasteiger partial charge in [0, 0.05) is 6.04 Å². The molecule has 8 heteroatoms. The Kier molecular flexibility index (Phi) is 8.86. The van der Waals surface area contributed by atoms with Crippen LogP contribution < -0.4 is 4.74 Å². The zero-order valence-corrected chi connectivity index (χ0v) is 25.1. The highest BCUT2D eigenvalue weighted by Gasteiger charge is 2.38. The smallest absolute Gasteiger partial charge is 0.267 e. The van der Waals surface area contributed by atoms with E-state index in [0.29, 0.717) is 16.7 Å². The molecule has 1 heterocycles. The van der Waals surface area contributed by atoms with Crippen LogP contribution in [0.15, 0.2) is 76.6 Å². The van der Waals surface area contributed by atoms with Gasteiger partial charge in [0.05, 0.1) is 12.0 Å². The van der Waals surface area contributed by atoms with Crippen LogP contribution in [-0.4, -0.2) is 22.0 Å². The zero-order chi connectivity index (χ0) is 25.8. The highest BCUT2D eigenvalue weighted by Crippen LogP contribution is 2.39. The van der Waals surface area contributed by atoms with Crippen molar-refractivity contribution in [3.8, 4) is 5.75 Å². The van der Waals surface area contributed by atoms with Crippen molar-refractivity contribution in [1.82, 2.24) is 4.90 Å². The van der Waals surface area contributed by atoms with E-state index < -0.39 is 0 Å².